The molecule has 1 heterocycles. The first-order valence-electron chi connectivity index (χ1n) is 7.60. The van der Waals surface area contributed by atoms with Gasteiger partial charge in [-0.05, 0) is 52.5 Å². The second-order valence-corrected chi connectivity index (χ2v) is 7.04. The molecule has 0 amide bonds. The van der Waals surface area contributed by atoms with Crippen LogP contribution in [0.5, 0.6) is 11.5 Å². The molecule has 1 aromatic rings. The van der Waals surface area contributed by atoms with Crippen LogP contribution >= 0.6 is 0 Å². The van der Waals surface area contributed by atoms with Crippen molar-refractivity contribution in [3.05, 3.63) is 18.2 Å². The molecule has 1 aromatic carbocycles. The van der Waals surface area contributed by atoms with Gasteiger partial charge in [-0.2, -0.15) is 0 Å². The van der Waals surface area contributed by atoms with Gasteiger partial charge in [-0.25, -0.2) is 0 Å². The standard InChI is InChI=1S/C16H23BO4/c1-15(2)16(3,4)21-17(20-15)12-6-5-7-13(14(12)18)19-10-11-8-9-11/h5-7,11,18H,8-10H2,1-4H3. The van der Waals surface area contributed by atoms with Crippen molar-refractivity contribution in [3.8, 4) is 11.5 Å². The molecule has 1 aliphatic heterocycles. The zero-order chi connectivity index (χ0) is 15.3. The summed E-state index contributed by atoms with van der Waals surface area (Å²) < 4.78 is 17.7. The summed E-state index contributed by atoms with van der Waals surface area (Å²) >= 11 is 0. The highest BCUT2D eigenvalue weighted by Crippen LogP contribution is 2.38. The third-order valence-electron chi connectivity index (χ3n) is 4.71. The average molecular weight is 290 g/mol. The molecule has 114 valence electrons. The largest absolute Gasteiger partial charge is 0.505 e. The Morgan fingerprint density at radius 3 is 2.38 bits per heavy atom. The molecule has 4 nitrogen and oxygen atoms in total. The third-order valence-corrected chi connectivity index (χ3v) is 4.71. The Balaban J connectivity index is 1.80. The van der Waals surface area contributed by atoms with Gasteiger partial charge in [-0.3, -0.25) is 0 Å². The van der Waals surface area contributed by atoms with Crippen LogP contribution in [-0.2, 0) is 9.31 Å². The minimum Gasteiger partial charge on any atom is -0.505 e. The highest BCUT2D eigenvalue weighted by molar-refractivity contribution is 6.63. The summed E-state index contributed by atoms with van der Waals surface area (Å²) in [6, 6.07) is 5.47. The van der Waals surface area contributed by atoms with Crippen molar-refractivity contribution in [2.45, 2.75) is 51.7 Å². The average Bonchev–Trinajstić information content (AvgIpc) is 3.16. The van der Waals surface area contributed by atoms with Crippen molar-refractivity contribution in [1.29, 1.82) is 0 Å². The fourth-order valence-corrected chi connectivity index (χ4v) is 2.31. The van der Waals surface area contributed by atoms with Crippen LogP contribution in [-0.4, -0.2) is 30.0 Å². The predicted octanol–water partition coefficient (Wildman–Crippen LogP) is 2.48. The second-order valence-electron chi connectivity index (χ2n) is 7.04. The summed E-state index contributed by atoms with van der Waals surface area (Å²) in [7, 11) is -0.570. The molecule has 0 unspecified atom stereocenters. The van der Waals surface area contributed by atoms with Crippen LogP contribution < -0.4 is 10.2 Å². The first kappa shape index (κ1) is 14.7. The normalized spacial score (nSPS) is 23.3. The lowest BCUT2D eigenvalue weighted by atomic mass is 9.78. The van der Waals surface area contributed by atoms with Crippen LogP contribution in [0.4, 0.5) is 0 Å². The van der Waals surface area contributed by atoms with Gasteiger partial charge in [-0.15, -0.1) is 0 Å². The Bertz CT molecular complexity index is 521. The van der Waals surface area contributed by atoms with Gasteiger partial charge in [0.15, 0.2) is 11.5 Å². The molecule has 1 saturated heterocycles. The van der Waals surface area contributed by atoms with E-state index < -0.39 is 18.3 Å². The molecule has 0 spiro atoms. The number of para-hydroxylation sites is 1. The highest BCUT2D eigenvalue weighted by atomic mass is 16.7. The summed E-state index contributed by atoms with van der Waals surface area (Å²) in [6.45, 7) is 8.66. The maximum atomic E-state index is 10.4. The molecular weight excluding hydrogens is 267 g/mol. The molecule has 0 bridgehead atoms. The molecule has 0 atom stereocenters. The van der Waals surface area contributed by atoms with E-state index in [1.165, 1.54) is 12.8 Å². The monoisotopic (exact) mass is 290 g/mol. The molecule has 0 radical (unpaired) electrons. The van der Waals surface area contributed by atoms with Crippen LogP contribution in [0.1, 0.15) is 40.5 Å². The number of phenolic OH excluding ortho intramolecular Hbond substituents is 1. The lowest BCUT2D eigenvalue weighted by molar-refractivity contribution is 0.00578. The fourth-order valence-electron chi connectivity index (χ4n) is 2.31. The van der Waals surface area contributed by atoms with E-state index in [1.807, 2.05) is 39.8 Å². The molecule has 1 saturated carbocycles. The number of aromatic hydroxyl groups is 1. The predicted molar refractivity (Wildman–Crippen MR) is 82.0 cm³/mol. The highest BCUT2D eigenvalue weighted by Gasteiger charge is 2.52. The van der Waals surface area contributed by atoms with Gasteiger partial charge in [0.1, 0.15) is 0 Å². The van der Waals surface area contributed by atoms with Crippen molar-refractivity contribution >= 4 is 12.6 Å². The van der Waals surface area contributed by atoms with Gasteiger partial charge in [0.25, 0.3) is 0 Å². The number of ether oxygens (including phenoxy) is 1. The van der Waals surface area contributed by atoms with Crippen molar-refractivity contribution in [2.24, 2.45) is 5.92 Å². The first-order chi connectivity index (χ1) is 9.80. The van der Waals surface area contributed by atoms with Gasteiger partial charge in [0.2, 0.25) is 0 Å². The Labute approximate surface area is 126 Å². The van der Waals surface area contributed by atoms with Crippen molar-refractivity contribution in [1.82, 2.24) is 0 Å². The van der Waals surface area contributed by atoms with E-state index in [1.54, 1.807) is 6.07 Å². The molecule has 1 N–H and O–H groups in total. The SMILES string of the molecule is CC1(C)OB(c2cccc(OCC3CC3)c2O)OC1(C)C. The first-order valence-corrected chi connectivity index (χ1v) is 7.60. The maximum Gasteiger partial charge on any atom is 0.498 e. The fraction of sp³-hybridized carbons (Fsp3) is 0.625. The number of phenols is 1. The molecule has 1 aliphatic carbocycles. The molecule has 21 heavy (non-hydrogen) atoms. The van der Waals surface area contributed by atoms with E-state index in [9.17, 15) is 5.11 Å². The zero-order valence-electron chi connectivity index (χ0n) is 13.2. The zero-order valence-corrected chi connectivity index (χ0v) is 13.2. The molecule has 2 aliphatic rings. The third kappa shape index (κ3) is 2.77. The summed E-state index contributed by atoms with van der Waals surface area (Å²) in [5, 5.41) is 10.4. The lowest BCUT2D eigenvalue weighted by Crippen LogP contribution is -2.41. The maximum absolute atomic E-state index is 10.4. The lowest BCUT2D eigenvalue weighted by Gasteiger charge is -2.32. The molecule has 0 aromatic heterocycles. The van der Waals surface area contributed by atoms with Crippen molar-refractivity contribution in [2.75, 3.05) is 6.61 Å². The number of hydrogen-bond acceptors (Lipinski definition) is 4. The van der Waals surface area contributed by atoms with Crippen LogP contribution in [0.2, 0.25) is 0 Å². The Morgan fingerprint density at radius 1 is 1.19 bits per heavy atom. The summed E-state index contributed by atoms with van der Waals surface area (Å²) in [5.74, 6) is 1.27. The summed E-state index contributed by atoms with van der Waals surface area (Å²) in [6.07, 6.45) is 2.44. The van der Waals surface area contributed by atoms with E-state index in [4.69, 9.17) is 14.0 Å². The Morgan fingerprint density at radius 2 is 1.81 bits per heavy atom. The van der Waals surface area contributed by atoms with E-state index in [-0.39, 0.29) is 5.75 Å². The van der Waals surface area contributed by atoms with Gasteiger partial charge < -0.3 is 19.2 Å². The summed E-state index contributed by atoms with van der Waals surface area (Å²) in [4.78, 5) is 0. The number of benzene rings is 1. The van der Waals surface area contributed by atoms with Crippen molar-refractivity contribution in [3.63, 3.8) is 0 Å². The van der Waals surface area contributed by atoms with Gasteiger partial charge in [0, 0.05) is 5.46 Å². The molecule has 3 rings (SSSR count). The molecule has 2 fully saturated rings. The van der Waals surface area contributed by atoms with E-state index in [2.05, 4.69) is 0 Å². The smallest absolute Gasteiger partial charge is 0.498 e. The van der Waals surface area contributed by atoms with Gasteiger partial charge >= 0.3 is 7.12 Å². The Kier molecular flexibility index (Phi) is 3.45. The quantitative estimate of drug-likeness (QED) is 0.865. The van der Waals surface area contributed by atoms with E-state index in [0.29, 0.717) is 23.7 Å². The van der Waals surface area contributed by atoms with Crippen LogP contribution in [0, 0.1) is 5.92 Å². The van der Waals surface area contributed by atoms with Crippen LogP contribution in [0.25, 0.3) is 0 Å². The summed E-state index contributed by atoms with van der Waals surface area (Å²) in [5.41, 5.74) is -0.216. The van der Waals surface area contributed by atoms with Crippen molar-refractivity contribution < 1.29 is 19.2 Å². The topological polar surface area (TPSA) is 47.9 Å². The van der Waals surface area contributed by atoms with Gasteiger partial charge in [0.05, 0.1) is 17.8 Å². The van der Waals surface area contributed by atoms with Gasteiger partial charge in [-0.1, -0.05) is 12.1 Å². The minimum atomic E-state index is -0.570. The molecular formula is C16H23BO4. The van der Waals surface area contributed by atoms with Crippen LogP contribution in [0.15, 0.2) is 18.2 Å². The Hall–Kier alpha value is -1.20. The number of hydrogen-bond donors (Lipinski definition) is 1. The second kappa shape index (κ2) is 4.92. The molecule has 5 heteroatoms. The number of rotatable bonds is 4. The minimum absolute atomic E-state index is 0.122. The van der Waals surface area contributed by atoms with E-state index >= 15 is 0 Å². The van der Waals surface area contributed by atoms with E-state index in [0.717, 1.165) is 0 Å². The van der Waals surface area contributed by atoms with Crippen LogP contribution in [0.3, 0.4) is 0 Å².